The molecule has 1 aliphatic heterocycles. The Morgan fingerprint density at radius 2 is 1.80 bits per heavy atom. The van der Waals surface area contributed by atoms with Crippen molar-refractivity contribution in [3.05, 3.63) is 89.2 Å². The van der Waals surface area contributed by atoms with Crippen LogP contribution in [0.4, 0.5) is 10.1 Å². The Bertz CT molecular complexity index is 1190. The number of aryl methyl sites for hydroxylation is 1. The molecule has 2 unspecified atom stereocenters. The summed E-state index contributed by atoms with van der Waals surface area (Å²) in [5, 5.41) is 3.70. The highest BCUT2D eigenvalue weighted by Crippen LogP contribution is 2.41. The number of hydrogen-bond donors (Lipinski definition) is 3. The molecule has 5 N–H and O–H groups in total. The van der Waals surface area contributed by atoms with E-state index in [0.717, 1.165) is 56.6 Å². The summed E-state index contributed by atoms with van der Waals surface area (Å²) in [6.07, 6.45) is 3.15. The number of benzene rings is 3. The van der Waals surface area contributed by atoms with E-state index in [9.17, 15) is 9.18 Å². The van der Waals surface area contributed by atoms with Gasteiger partial charge < -0.3 is 21.7 Å². The van der Waals surface area contributed by atoms with Crippen LogP contribution in [0.5, 0.6) is 0 Å². The van der Waals surface area contributed by atoms with Gasteiger partial charge in [-0.3, -0.25) is 4.79 Å². The number of primary amides is 1. The summed E-state index contributed by atoms with van der Waals surface area (Å²) < 4.78 is 13.1. The van der Waals surface area contributed by atoms with Gasteiger partial charge in [-0.05, 0) is 72.7 Å². The monoisotopic (exact) mass is 472 g/mol. The van der Waals surface area contributed by atoms with E-state index in [0.29, 0.717) is 29.1 Å². The smallest absolute Gasteiger partial charge is 0.249 e. The van der Waals surface area contributed by atoms with E-state index in [2.05, 4.69) is 16.3 Å². The van der Waals surface area contributed by atoms with Crippen LogP contribution in [0.1, 0.15) is 40.2 Å². The first kappa shape index (κ1) is 23.5. The number of carbonyl (C=O) groups is 1. The van der Waals surface area contributed by atoms with Crippen LogP contribution in [0, 0.1) is 11.7 Å². The lowest BCUT2D eigenvalue weighted by Gasteiger charge is -2.39. The standard InChI is InChI=1S/C29H33FN4O/c30-22-10-8-21(9-11-22)25-15-28(25)33-16-20-17-34(18-20)13-3-4-19-7-12-24(29(32)35)26(14-19)23-5-1-2-6-27(23)31/h1-2,5-12,14,20,25,28,33H,3-4,13,15-18,31H2,(H2,32,35). The zero-order valence-corrected chi connectivity index (χ0v) is 19.9. The van der Waals surface area contributed by atoms with Crippen LogP contribution in [0.15, 0.2) is 66.7 Å². The largest absolute Gasteiger partial charge is 0.398 e. The molecule has 1 aliphatic carbocycles. The lowest BCUT2D eigenvalue weighted by atomic mass is 9.94. The summed E-state index contributed by atoms with van der Waals surface area (Å²) in [4.78, 5) is 14.5. The number of amides is 1. The molecule has 2 aliphatic rings. The maximum Gasteiger partial charge on any atom is 0.249 e. The minimum absolute atomic E-state index is 0.169. The van der Waals surface area contributed by atoms with Crippen molar-refractivity contribution in [3.8, 4) is 11.1 Å². The summed E-state index contributed by atoms with van der Waals surface area (Å²) in [5.74, 6) is 0.624. The van der Waals surface area contributed by atoms with E-state index < -0.39 is 5.91 Å². The highest BCUT2D eigenvalue weighted by molar-refractivity contribution is 6.01. The van der Waals surface area contributed by atoms with Crippen molar-refractivity contribution >= 4 is 11.6 Å². The lowest BCUT2D eigenvalue weighted by molar-refractivity contribution is 0.0982. The Hall–Kier alpha value is -3.22. The number of nitrogens with zero attached hydrogens (tertiary/aromatic N) is 1. The molecular weight excluding hydrogens is 439 g/mol. The molecule has 1 saturated carbocycles. The third-order valence-corrected chi connectivity index (χ3v) is 7.33. The third kappa shape index (κ3) is 5.55. The van der Waals surface area contributed by atoms with Gasteiger partial charge in [-0.1, -0.05) is 42.5 Å². The van der Waals surface area contributed by atoms with Crippen LogP contribution < -0.4 is 16.8 Å². The number of halogens is 1. The SMILES string of the molecule is NC(=O)c1ccc(CCCN2CC(CNC3CC3c3ccc(F)cc3)C2)cc1-c1ccccc1N. The van der Waals surface area contributed by atoms with Crippen molar-refractivity contribution in [1.29, 1.82) is 0 Å². The topological polar surface area (TPSA) is 84.4 Å². The van der Waals surface area contributed by atoms with Gasteiger partial charge in [-0.15, -0.1) is 0 Å². The quantitative estimate of drug-likeness (QED) is 0.387. The van der Waals surface area contributed by atoms with Crippen LogP contribution in [0.25, 0.3) is 11.1 Å². The summed E-state index contributed by atoms with van der Waals surface area (Å²) >= 11 is 0. The summed E-state index contributed by atoms with van der Waals surface area (Å²) in [6.45, 7) is 4.38. The Kier molecular flexibility index (Phi) is 6.84. The molecule has 0 radical (unpaired) electrons. The van der Waals surface area contributed by atoms with E-state index in [4.69, 9.17) is 11.5 Å². The fourth-order valence-electron chi connectivity index (χ4n) is 5.24. The van der Waals surface area contributed by atoms with Crippen LogP contribution in [0.2, 0.25) is 0 Å². The molecule has 3 aromatic carbocycles. The van der Waals surface area contributed by atoms with Crippen molar-refractivity contribution < 1.29 is 9.18 Å². The first-order valence-electron chi connectivity index (χ1n) is 12.5. The van der Waals surface area contributed by atoms with Gasteiger partial charge in [0, 0.05) is 48.4 Å². The number of hydrogen-bond acceptors (Lipinski definition) is 4. The zero-order chi connectivity index (χ0) is 24.4. The average molecular weight is 473 g/mol. The molecule has 1 saturated heterocycles. The molecule has 35 heavy (non-hydrogen) atoms. The maximum absolute atomic E-state index is 13.1. The summed E-state index contributed by atoms with van der Waals surface area (Å²) in [5.41, 5.74) is 17.0. The van der Waals surface area contributed by atoms with Gasteiger partial charge in [0.05, 0.1) is 0 Å². The minimum Gasteiger partial charge on any atom is -0.398 e. The Labute approximate surface area is 206 Å². The van der Waals surface area contributed by atoms with Crippen molar-refractivity contribution in [1.82, 2.24) is 10.2 Å². The van der Waals surface area contributed by atoms with E-state index in [1.165, 1.54) is 11.1 Å². The normalized spacial score (nSPS) is 19.9. The molecule has 182 valence electrons. The van der Waals surface area contributed by atoms with E-state index in [1.54, 1.807) is 12.1 Å². The van der Waals surface area contributed by atoms with E-state index >= 15 is 0 Å². The van der Waals surface area contributed by atoms with Gasteiger partial charge in [0.15, 0.2) is 0 Å². The molecule has 5 rings (SSSR count). The molecular formula is C29H33FN4O. The molecule has 2 atom stereocenters. The van der Waals surface area contributed by atoms with Crippen molar-refractivity contribution in [2.45, 2.75) is 31.2 Å². The van der Waals surface area contributed by atoms with Crippen LogP contribution in [0.3, 0.4) is 0 Å². The molecule has 1 heterocycles. The molecule has 1 amide bonds. The Morgan fingerprint density at radius 3 is 2.54 bits per heavy atom. The van der Waals surface area contributed by atoms with Gasteiger partial charge in [0.25, 0.3) is 0 Å². The van der Waals surface area contributed by atoms with Gasteiger partial charge >= 0.3 is 0 Å². The highest BCUT2D eigenvalue weighted by Gasteiger charge is 2.39. The van der Waals surface area contributed by atoms with Gasteiger partial charge in [-0.2, -0.15) is 0 Å². The average Bonchev–Trinajstić information content (AvgIpc) is 3.60. The Morgan fingerprint density at radius 1 is 1.03 bits per heavy atom. The van der Waals surface area contributed by atoms with Gasteiger partial charge in [-0.25, -0.2) is 4.39 Å². The predicted octanol–water partition coefficient (Wildman–Crippen LogP) is 4.18. The number of rotatable bonds is 10. The molecule has 6 heteroatoms. The van der Waals surface area contributed by atoms with Gasteiger partial charge in [0.2, 0.25) is 5.91 Å². The second-order valence-electron chi connectivity index (χ2n) is 9.97. The second-order valence-corrected chi connectivity index (χ2v) is 9.97. The fraction of sp³-hybridized carbons (Fsp3) is 0.345. The van der Waals surface area contributed by atoms with Crippen LogP contribution >= 0.6 is 0 Å². The molecule has 0 spiro atoms. The maximum atomic E-state index is 13.1. The van der Waals surface area contributed by atoms with Crippen LogP contribution in [-0.4, -0.2) is 43.0 Å². The lowest BCUT2D eigenvalue weighted by Crippen LogP contribution is -2.51. The van der Waals surface area contributed by atoms with Crippen molar-refractivity contribution in [3.63, 3.8) is 0 Å². The molecule has 5 nitrogen and oxygen atoms in total. The van der Waals surface area contributed by atoms with Gasteiger partial charge in [0.1, 0.15) is 5.82 Å². The number of anilines is 1. The zero-order valence-electron chi connectivity index (χ0n) is 19.9. The molecule has 0 bridgehead atoms. The fourth-order valence-corrected chi connectivity index (χ4v) is 5.24. The molecule has 3 aromatic rings. The first-order valence-corrected chi connectivity index (χ1v) is 12.5. The summed E-state index contributed by atoms with van der Waals surface area (Å²) in [6, 6.07) is 20.9. The number of nitrogen functional groups attached to an aromatic ring is 1. The first-order chi connectivity index (χ1) is 17.0. The highest BCUT2D eigenvalue weighted by atomic mass is 19.1. The van der Waals surface area contributed by atoms with Crippen molar-refractivity contribution in [2.24, 2.45) is 11.7 Å². The minimum atomic E-state index is -0.440. The predicted molar refractivity (Wildman–Crippen MR) is 139 cm³/mol. The third-order valence-electron chi connectivity index (χ3n) is 7.33. The van der Waals surface area contributed by atoms with E-state index in [1.807, 2.05) is 48.5 Å². The van der Waals surface area contributed by atoms with E-state index in [-0.39, 0.29) is 5.82 Å². The molecule has 2 fully saturated rings. The number of nitrogens with one attached hydrogen (secondary N) is 1. The second kappa shape index (κ2) is 10.2. The van der Waals surface area contributed by atoms with Crippen LogP contribution in [-0.2, 0) is 6.42 Å². The molecule has 0 aromatic heterocycles. The summed E-state index contributed by atoms with van der Waals surface area (Å²) in [7, 11) is 0. The van der Waals surface area contributed by atoms with Crippen molar-refractivity contribution in [2.75, 3.05) is 31.9 Å². The number of likely N-dealkylation sites (tertiary alicyclic amines) is 1. The number of carbonyl (C=O) groups excluding carboxylic acids is 1. The number of para-hydroxylation sites is 1. The number of nitrogens with two attached hydrogens (primary N) is 2. The Balaban J connectivity index is 1.06.